The van der Waals surface area contributed by atoms with Gasteiger partial charge in [0.2, 0.25) is 10.0 Å². The minimum absolute atomic E-state index is 0.0455. The number of hydrogen-bond acceptors (Lipinski definition) is 4. The van der Waals surface area contributed by atoms with Gasteiger partial charge in [-0.3, -0.25) is 4.79 Å². The van der Waals surface area contributed by atoms with Gasteiger partial charge in [-0.15, -0.1) is 11.3 Å². The molecule has 1 aliphatic rings. The van der Waals surface area contributed by atoms with Crippen LogP contribution in [0.15, 0.2) is 11.0 Å². The first-order valence-electron chi connectivity index (χ1n) is 7.19. The molecule has 1 aliphatic carbocycles. The molecule has 1 heterocycles. The Bertz CT molecular complexity index is 614. The first-order valence-corrected chi connectivity index (χ1v) is 9.55. The molecule has 1 aromatic rings. The van der Waals surface area contributed by atoms with Gasteiger partial charge in [0, 0.05) is 11.4 Å². The number of nitrogens with one attached hydrogen (secondary N) is 1. The first-order chi connectivity index (χ1) is 9.77. The Hall–Kier alpha value is -0.920. The molecule has 1 saturated carbocycles. The third-order valence-electron chi connectivity index (χ3n) is 4.09. The summed E-state index contributed by atoms with van der Waals surface area (Å²) in [6.45, 7) is 4.58. The first kappa shape index (κ1) is 16.5. The number of rotatable bonds is 4. The molecule has 0 aliphatic heterocycles. The Morgan fingerprint density at radius 3 is 2.52 bits per heavy atom. The van der Waals surface area contributed by atoms with Crippen molar-refractivity contribution in [2.75, 3.05) is 6.54 Å². The lowest BCUT2D eigenvalue weighted by molar-refractivity contribution is 0.0946. The quantitative estimate of drug-likeness (QED) is 0.887. The molecule has 2 rings (SSSR count). The molecule has 5 nitrogen and oxygen atoms in total. The standard InChI is InChI=1S/C14H22N2O3S2/c1-9-3-5-11(6-4-9)8-16-14(17)12-7-13(10(2)20-12)21(15,18)19/h7,9,11H,3-6,8H2,1-2H3,(H,16,17)(H2,15,18,19). The highest BCUT2D eigenvalue weighted by Crippen LogP contribution is 2.28. The number of carbonyl (C=O) groups is 1. The fraction of sp³-hybridized carbons (Fsp3) is 0.643. The van der Waals surface area contributed by atoms with Gasteiger partial charge in [0.25, 0.3) is 5.91 Å². The van der Waals surface area contributed by atoms with E-state index in [2.05, 4.69) is 12.2 Å². The summed E-state index contributed by atoms with van der Waals surface area (Å²) in [5.74, 6) is 1.11. The van der Waals surface area contributed by atoms with E-state index in [-0.39, 0.29) is 10.8 Å². The van der Waals surface area contributed by atoms with Gasteiger partial charge in [0.15, 0.2) is 0 Å². The number of aryl methyl sites for hydroxylation is 1. The number of primary sulfonamides is 1. The zero-order chi connectivity index (χ0) is 15.6. The van der Waals surface area contributed by atoms with E-state index in [9.17, 15) is 13.2 Å². The van der Waals surface area contributed by atoms with Crippen LogP contribution in [0.5, 0.6) is 0 Å². The number of nitrogens with two attached hydrogens (primary N) is 1. The number of amides is 1. The van der Waals surface area contributed by atoms with Crippen molar-refractivity contribution in [1.29, 1.82) is 0 Å². The lowest BCUT2D eigenvalue weighted by Gasteiger charge is -2.26. The van der Waals surface area contributed by atoms with Crippen LogP contribution in [0, 0.1) is 18.8 Å². The molecule has 3 N–H and O–H groups in total. The molecular weight excluding hydrogens is 308 g/mol. The monoisotopic (exact) mass is 330 g/mol. The van der Waals surface area contributed by atoms with Gasteiger partial charge in [0.1, 0.15) is 0 Å². The number of carbonyl (C=O) groups excluding carboxylic acids is 1. The summed E-state index contributed by atoms with van der Waals surface area (Å²) in [7, 11) is -3.76. The van der Waals surface area contributed by atoms with Gasteiger partial charge in [-0.2, -0.15) is 0 Å². The number of thiophene rings is 1. The Labute approximate surface area is 130 Å². The van der Waals surface area contributed by atoms with Crippen molar-refractivity contribution in [1.82, 2.24) is 5.32 Å². The third-order valence-corrected chi connectivity index (χ3v) is 6.30. The normalized spacial score (nSPS) is 23.0. The zero-order valence-corrected chi connectivity index (χ0v) is 14.0. The average molecular weight is 330 g/mol. The van der Waals surface area contributed by atoms with Gasteiger partial charge >= 0.3 is 0 Å². The molecule has 1 fully saturated rings. The molecular formula is C14H22N2O3S2. The fourth-order valence-corrected chi connectivity index (χ4v) is 4.78. The predicted octanol–water partition coefficient (Wildman–Crippen LogP) is 2.26. The van der Waals surface area contributed by atoms with Gasteiger partial charge in [-0.1, -0.05) is 19.8 Å². The highest BCUT2D eigenvalue weighted by atomic mass is 32.2. The predicted molar refractivity (Wildman–Crippen MR) is 83.9 cm³/mol. The van der Waals surface area contributed by atoms with Crippen molar-refractivity contribution in [3.63, 3.8) is 0 Å². The molecule has 0 unspecified atom stereocenters. The molecule has 0 saturated heterocycles. The van der Waals surface area contributed by atoms with Crippen molar-refractivity contribution in [2.24, 2.45) is 17.0 Å². The van der Waals surface area contributed by atoms with Crippen LogP contribution in [-0.2, 0) is 10.0 Å². The maximum absolute atomic E-state index is 12.1. The van der Waals surface area contributed by atoms with Gasteiger partial charge in [-0.05, 0) is 37.7 Å². The van der Waals surface area contributed by atoms with Crippen LogP contribution in [0.1, 0.15) is 47.2 Å². The summed E-state index contributed by atoms with van der Waals surface area (Å²) in [5, 5.41) is 8.03. The van der Waals surface area contributed by atoms with Crippen LogP contribution in [0.25, 0.3) is 0 Å². The number of hydrogen-bond donors (Lipinski definition) is 2. The van der Waals surface area contributed by atoms with Crippen molar-refractivity contribution < 1.29 is 13.2 Å². The van der Waals surface area contributed by atoms with E-state index >= 15 is 0 Å². The highest BCUT2D eigenvalue weighted by Gasteiger charge is 2.21. The van der Waals surface area contributed by atoms with E-state index in [1.54, 1.807) is 6.92 Å². The largest absolute Gasteiger partial charge is 0.351 e. The third kappa shape index (κ3) is 4.28. The summed E-state index contributed by atoms with van der Waals surface area (Å²) in [4.78, 5) is 13.1. The Balaban J connectivity index is 1.95. The minimum Gasteiger partial charge on any atom is -0.351 e. The highest BCUT2D eigenvalue weighted by molar-refractivity contribution is 7.89. The molecule has 0 aromatic carbocycles. The Morgan fingerprint density at radius 1 is 1.38 bits per heavy atom. The van der Waals surface area contributed by atoms with Gasteiger partial charge in [0.05, 0.1) is 9.77 Å². The lowest BCUT2D eigenvalue weighted by Crippen LogP contribution is -2.30. The second-order valence-electron chi connectivity index (χ2n) is 5.91. The van der Waals surface area contributed by atoms with E-state index in [1.807, 2.05) is 0 Å². The Morgan fingerprint density at radius 2 is 2.00 bits per heavy atom. The van der Waals surface area contributed by atoms with Gasteiger partial charge < -0.3 is 5.32 Å². The molecule has 0 bridgehead atoms. The lowest BCUT2D eigenvalue weighted by atomic mass is 9.83. The SMILES string of the molecule is Cc1sc(C(=O)NCC2CCC(C)CC2)cc1S(N)(=O)=O. The van der Waals surface area contributed by atoms with E-state index in [4.69, 9.17) is 5.14 Å². The molecule has 0 radical (unpaired) electrons. The molecule has 0 spiro atoms. The number of sulfonamides is 1. The van der Waals surface area contributed by atoms with Crippen molar-refractivity contribution in [3.8, 4) is 0 Å². The molecule has 21 heavy (non-hydrogen) atoms. The van der Waals surface area contributed by atoms with Crippen molar-refractivity contribution in [3.05, 3.63) is 15.8 Å². The summed E-state index contributed by atoms with van der Waals surface area (Å²) >= 11 is 1.17. The molecule has 7 heteroatoms. The second kappa shape index (κ2) is 6.46. The summed E-state index contributed by atoms with van der Waals surface area (Å²) in [5.41, 5.74) is 0. The second-order valence-corrected chi connectivity index (χ2v) is 8.70. The van der Waals surface area contributed by atoms with Crippen LogP contribution in [0.4, 0.5) is 0 Å². The van der Waals surface area contributed by atoms with E-state index in [1.165, 1.54) is 30.2 Å². The van der Waals surface area contributed by atoms with E-state index in [0.29, 0.717) is 22.2 Å². The average Bonchev–Trinajstić information content (AvgIpc) is 2.80. The van der Waals surface area contributed by atoms with Crippen LogP contribution in [0.3, 0.4) is 0 Å². The van der Waals surface area contributed by atoms with Crippen molar-refractivity contribution in [2.45, 2.75) is 44.4 Å². The summed E-state index contributed by atoms with van der Waals surface area (Å²) < 4.78 is 22.8. The smallest absolute Gasteiger partial charge is 0.261 e. The van der Waals surface area contributed by atoms with Crippen LogP contribution < -0.4 is 10.5 Å². The Kier molecular flexibility index (Phi) is 5.06. The van der Waals surface area contributed by atoms with E-state index in [0.717, 1.165) is 18.8 Å². The van der Waals surface area contributed by atoms with Gasteiger partial charge in [-0.25, -0.2) is 13.6 Å². The zero-order valence-electron chi connectivity index (χ0n) is 12.4. The fourth-order valence-electron chi connectivity index (χ4n) is 2.72. The molecule has 118 valence electrons. The maximum atomic E-state index is 12.1. The summed E-state index contributed by atoms with van der Waals surface area (Å²) in [6, 6.07) is 1.37. The topological polar surface area (TPSA) is 89.3 Å². The minimum atomic E-state index is -3.76. The van der Waals surface area contributed by atoms with Crippen LogP contribution >= 0.6 is 11.3 Å². The molecule has 1 aromatic heterocycles. The molecule has 1 amide bonds. The van der Waals surface area contributed by atoms with E-state index < -0.39 is 10.0 Å². The maximum Gasteiger partial charge on any atom is 0.261 e. The van der Waals surface area contributed by atoms with Crippen LogP contribution in [-0.4, -0.2) is 20.9 Å². The summed E-state index contributed by atoms with van der Waals surface area (Å²) in [6.07, 6.45) is 4.73. The van der Waals surface area contributed by atoms with Crippen LogP contribution in [0.2, 0.25) is 0 Å². The molecule has 0 atom stereocenters. The van der Waals surface area contributed by atoms with Crippen molar-refractivity contribution >= 4 is 27.3 Å².